The number of carboxylic acids is 1. The molecule has 0 unspecified atom stereocenters. The van der Waals surface area contributed by atoms with Gasteiger partial charge in [-0.15, -0.1) is 0 Å². The van der Waals surface area contributed by atoms with Crippen molar-refractivity contribution in [2.45, 2.75) is 38.0 Å². The van der Waals surface area contributed by atoms with E-state index in [1.54, 1.807) is 30.3 Å². The molecule has 0 saturated carbocycles. The zero-order chi connectivity index (χ0) is 21.7. The van der Waals surface area contributed by atoms with E-state index in [9.17, 15) is 13.2 Å². The van der Waals surface area contributed by atoms with Gasteiger partial charge in [0.2, 0.25) is 0 Å². The zero-order valence-electron chi connectivity index (χ0n) is 17.0. The Kier molecular flexibility index (Phi) is 6.62. The number of aromatic nitrogens is 1. The molecule has 0 aliphatic rings. The lowest BCUT2D eigenvalue weighted by Crippen LogP contribution is -2.11. The third-order valence-electron chi connectivity index (χ3n) is 4.79. The molecule has 0 bridgehead atoms. The number of benzene rings is 2. The first kappa shape index (κ1) is 21.6. The van der Waals surface area contributed by atoms with E-state index in [0.29, 0.717) is 28.8 Å². The lowest BCUT2D eigenvalue weighted by molar-refractivity contribution is -0.131. The monoisotopic (exact) mass is 427 g/mol. The summed E-state index contributed by atoms with van der Waals surface area (Å²) in [6, 6.07) is 12.0. The van der Waals surface area contributed by atoms with Crippen LogP contribution in [0.15, 0.2) is 59.6 Å². The average Bonchev–Trinajstić information content (AvgIpc) is 3.10. The number of ether oxygens (including phenoxy) is 1. The maximum atomic E-state index is 13.3. The molecule has 0 atom stereocenters. The van der Waals surface area contributed by atoms with Gasteiger partial charge in [-0.25, -0.2) is 17.2 Å². The molecule has 1 N–H and O–H groups in total. The van der Waals surface area contributed by atoms with Gasteiger partial charge in [-0.1, -0.05) is 25.5 Å². The number of carbonyl (C=O) groups is 1. The van der Waals surface area contributed by atoms with Crippen LogP contribution in [0.1, 0.15) is 37.8 Å². The Labute approximate surface area is 176 Å². The zero-order valence-corrected chi connectivity index (χ0v) is 17.9. The summed E-state index contributed by atoms with van der Waals surface area (Å²) in [4.78, 5) is 11.2. The van der Waals surface area contributed by atoms with Crippen LogP contribution in [-0.2, 0) is 21.2 Å². The van der Waals surface area contributed by atoms with Crippen LogP contribution < -0.4 is 4.74 Å². The molecule has 3 aromatic rings. The van der Waals surface area contributed by atoms with Crippen molar-refractivity contribution >= 4 is 33.0 Å². The fourth-order valence-corrected chi connectivity index (χ4v) is 4.65. The molecule has 30 heavy (non-hydrogen) atoms. The second-order valence-electron chi connectivity index (χ2n) is 6.92. The van der Waals surface area contributed by atoms with Gasteiger partial charge in [0.05, 0.1) is 17.0 Å². The highest BCUT2D eigenvalue weighted by atomic mass is 32.2. The number of nitrogens with zero attached hydrogens (tertiary/aromatic N) is 1. The fraction of sp³-hybridized carbons (Fsp3) is 0.261. The molecule has 1 heterocycles. The van der Waals surface area contributed by atoms with Crippen LogP contribution in [0, 0.1) is 0 Å². The highest BCUT2D eigenvalue weighted by Crippen LogP contribution is 2.30. The molecule has 0 spiro atoms. The highest BCUT2D eigenvalue weighted by Gasteiger charge is 2.21. The topological polar surface area (TPSA) is 85.6 Å². The van der Waals surface area contributed by atoms with E-state index in [1.165, 1.54) is 16.2 Å². The number of aliphatic carboxylic acids is 1. The summed E-state index contributed by atoms with van der Waals surface area (Å²) in [5.41, 5.74) is 2.04. The minimum atomic E-state index is -3.85. The van der Waals surface area contributed by atoms with Gasteiger partial charge in [0.1, 0.15) is 5.75 Å². The van der Waals surface area contributed by atoms with Crippen molar-refractivity contribution in [3.05, 3.63) is 65.9 Å². The first-order valence-electron chi connectivity index (χ1n) is 9.90. The van der Waals surface area contributed by atoms with Crippen LogP contribution >= 0.6 is 0 Å². The third kappa shape index (κ3) is 4.57. The van der Waals surface area contributed by atoms with Crippen molar-refractivity contribution in [2.75, 3.05) is 6.61 Å². The summed E-state index contributed by atoms with van der Waals surface area (Å²) in [6.45, 7) is 4.44. The maximum Gasteiger partial charge on any atom is 0.328 e. The highest BCUT2D eigenvalue weighted by molar-refractivity contribution is 7.90. The molecule has 1 aromatic heterocycles. The summed E-state index contributed by atoms with van der Waals surface area (Å²) in [5.74, 6) is -0.521. The van der Waals surface area contributed by atoms with Crippen molar-refractivity contribution in [1.29, 1.82) is 0 Å². The molecular weight excluding hydrogens is 402 g/mol. The number of rotatable bonds is 9. The molecule has 0 aliphatic heterocycles. The Morgan fingerprint density at radius 2 is 1.87 bits per heavy atom. The van der Waals surface area contributed by atoms with E-state index in [4.69, 9.17) is 9.84 Å². The van der Waals surface area contributed by atoms with E-state index in [0.717, 1.165) is 30.9 Å². The number of hydrogen-bond donors (Lipinski definition) is 1. The van der Waals surface area contributed by atoms with Crippen molar-refractivity contribution in [3.8, 4) is 5.75 Å². The quantitative estimate of drug-likeness (QED) is 0.500. The van der Waals surface area contributed by atoms with E-state index >= 15 is 0 Å². The van der Waals surface area contributed by atoms with Gasteiger partial charge in [0, 0.05) is 23.2 Å². The molecule has 7 heteroatoms. The smallest absolute Gasteiger partial charge is 0.328 e. The van der Waals surface area contributed by atoms with Crippen LogP contribution in [-0.4, -0.2) is 30.1 Å². The Hall–Kier alpha value is -3.06. The van der Waals surface area contributed by atoms with Crippen molar-refractivity contribution in [1.82, 2.24) is 3.97 Å². The molecular formula is C23H25NO5S. The summed E-state index contributed by atoms with van der Waals surface area (Å²) in [7, 11) is -3.85. The van der Waals surface area contributed by atoms with Crippen LogP contribution in [0.25, 0.3) is 17.0 Å². The van der Waals surface area contributed by atoms with Crippen molar-refractivity contribution in [3.63, 3.8) is 0 Å². The average molecular weight is 428 g/mol. The molecule has 0 radical (unpaired) electrons. The first-order valence-corrected chi connectivity index (χ1v) is 11.3. The Morgan fingerprint density at radius 1 is 1.13 bits per heavy atom. The second-order valence-corrected chi connectivity index (χ2v) is 8.73. The Bertz CT molecular complexity index is 1170. The van der Waals surface area contributed by atoms with Crippen molar-refractivity contribution < 1.29 is 23.1 Å². The van der Waals surface area contributed by atoms with Gasteiger partial charge in [0.25, 0.3) is 10.0 Å². The number of hydrogen-bond acceptors (Lipinski definition) is 4. The first-order chi connectivity index (χ1) is 14.4. The second kappa shape index (κ2) is 9.17. The molecule has 6 nitrogen and oxygen atoms in total. The normalized spacial score (nSPS) is 11.9. The van der Waals surface area contributed by atoms with E-state index in [-0.39, 0.29) is 4.90 Å². The molecule has 158 valence electrons. The fourth-order valence-electron chi connectivity index (χ4n) is 3.28. The lowest BCUT2D eigenvalue weighted by Gasteiger charge is -2.09. The van der Waals surface area contributed by atoms with E-state index < -0.39 is 16.0 Å². The van der Waals surface area contributed by atoms with Crippen LogP contribution in [0.5, 0.6) is 5.75 Å². The Balaban J connectivity index is 2.10. The molecule has 2 aromatic carbocycles. The minimum Gasteiger partial charge on any atom is -0.494 e. The predicted octanol–water partition coefficient (Wildman–Crippen LogP) is 4.72. The largest absolute Gasteiger partial charge is 0.494 e. The van der Waals surface area contributed by atoms with Gasteiger partial charge in [0.15, 0.2) is 0 Å². The van der Waals surface area contributed by atoms with Gasteiger partial charge in [-0.2, -0.15) is 0 Å². The summed E-state index contributed by atoms with van der Waals surface area (Å²) in [6.07, 6.45) is 6.86. The summed E-state index contributed by atoms with van der Waals surface area (Å²) in [5, 5.41) is 9.58. The van der Waals surface area contributed by atoms with Gasteiger partial charge < -0.3 is 9.84 Å². The molecule has 3 rings (SSSR count). The number of unbranched alkanes of at least 4 members (excludes halogenated alkanes) is 1. The Morgan fingerprint density at radius 3 is 2.50 bits per heavy atom. The predicted molar refractivity (Wildman–Crippen MR) is 117 cm³/mol. The number of fused-ring (bicyclic) bond motifs is 1. The summed E-state index contributed by atoms with van der Waals surface area (Å²) < 4.78 is 33.4. The SMILES string of the molecule is CCCCc1ccc(S(=O)(=O)n2cc(C=CC(=O)O)c3cc(OCC)ccc32)cc1. The van der Waals surface area contributed by atoms with Crippen molar-refractivity contribution in [2.24, 2.45) is 0 Å². The molecule has 0 aliphatic carbocycles. The third-order valence-corrected chi connectivity index (χ3v) is 6.48. The summed E-state index contributed by atoms with van der Waals surface area (Å²) >= 11 is 0. The molecule has 0 fully saturated rings. The van der Waals surface area contributed by atoms with Crippen LogP contribution in [0.4, 0.5) is 0 Å². The maximum absolute atomic E-state index is 13.3. The lowest BCUT2D eigenvalue weighted by atomic mass is 10.1. The molecule has 0 saturated heterocycles. The minimum absolute atomic E-state index is 0.183. The number of carboxylic acid groups (broad SMARTS) is 1. The van der Waals surface area contributed by atoms with E-state index in [1.807, 2.05) is 19.1 Å². The van der Waals surface area contributed by atoms with Crippen LogP contribution in [0.3, 0.4) is 0 Å². The van der Waals surface area contributed by atoms with E-state index in [2.05, 4.69) is 6.92 Å². The molecule has 0 amide bonds. The van der Waals surface area contributed by atoms with Gasteiger partial charge >= 0.3 is 5.97 Å². The van der Waals surface area contributed by atoms with Gasteiger partial charge in [-0.3, -0.25) is 0 Å². The standard InChI is InChI=1S/C23H25NO5S/c1-3-5-6-17-7-11-20(12-8-17)30(27,28)24-16-18(9-14-23(25)26)21-15-19(29-4-2)10-13-22(21)24/h7-16H,3-6H2,1-2H3,(H,25,26). The van der Waals surface area contributed by atoms with Gasteiger partial charge in [-0.05, 0) is 61.7 Å². The number of aryl methyl sites for hydroxylation is 1. The van der Waals surface area contributed by atoms with Crippen LogP contribution in [0.2, 0.25) is 0 Å².